The van der Waals surface area contributed by atoms with Crippen molar-refractivity contribution in [2.75, 3.05) is 52.4 Å². The molecule has 198 valence electrons. The second-order valence-corrected chi connectivity index (χ2v) is 11.9. The lowest BCUT2D eigenvalue weighted by atomic mass is 9.49. The number of fused-ring (bicyclic) bond motifs is 1. The molecule has 0 spiro atoms. The van der Waals surface area contributed by atoms with Gasteiger partial charge in [0.15, 0.2) is 0 Å². The largest absolute Gasteiger partial charge is 0.338 e. The lowest BCUT2D eigenvalue weighted by molar-refractivity contribution is -0.00983. The molecule has 7 nitrogen and oxygen atoms in total. The molecule has 2 unspecified atom stereocenters. The summed E-state index contributed by atoms with van der Waals surface area (Å²) in [6.07, 6.45) is 13.0. The molecule has 4 aliphatic carbocycles. The summed E-state index contributed by atoms with van der Waals surface area (Å²) in [6, 6.07) is 0.544. The molecule has 1 heterocycles. The molecular formula is C28H49N5O2. The first kappa shape index (κ1) is 26.3. The molecule has 5 rings (SSSR count). The van der Waals surface area contributed by atoms with E-state index in [2.05, 4.69) is 42.4 Å². The number of hydrogen-bond acceptors (Lipinski definition) is 3. The van der Waals surface area contributed by atoms with E-state index in [1.807, 2.05) is 9.80 Å². The van der Waals surface area contributed by atoms with Crippen molar-refractivity contribution in [3.8, 4) is 0 Å². The van der Waals surface area contributed by atoms with Crippen LogP contribution in [0.5, 0.6) is 0 Å². The third-order valence-corrected chi connectivity index (χ3v) is 9.33. The number of amides is 4. The summed E-state index contributed by atoms with van der Waals surface area (Å²) < 4.78 is 0. The highest BCUT2D eigenvalue weighted by atomic mass is 16.2. The fourth-order valence-electron chi connectivity index (χ4n) is 6.56. The van der Waals surface area contributed by atoms with Gasteiger partial charge in [0.25, 0.3) is 0 Å². The molecule has 1 saturated heterocycles. The molecule has 2 N–H and O–H groups in total. The van der Waals surface area contributed by atoms with Crippen LogP contribution in [0.15, 0.2) is 11.6 Å². The summed E-state index contributed by atoms with van der Waals surface area (Å²) in [5.74, 6) is 1.44. The monoisotopic (exact) mass is 487 g/mol. The van der Waals surface area contributed by atoms with E-state index in [0.717, 1.165) is 90.4 Å². The molecule has 3 fully saturated rings. The zero-order valence-electron chi connectivity index (χ0n) is 22.5. The predicted molar refractivity (Wildman–Crippen MR) is 141 cm³/mol. The van der Waals surface area contributed by atoms with Gasteiger partial charge in [-0.05, 0) is 49.4 Å². The molecule has 0 aromatic rings. The number of carbonyl (C=O) groups excluding carboxylic acids is 2. The van der Waals surface area contributed by atoms with Crippen molar-refractivity contribution in [1.82, 2.24) is 25.3 Å². The Balaban J connectivity index is 1.25. The van der Waals surface area contributed by atoms with E-state index in [9.17, 15) is 9.59 Å². The Morgan fingerprint density at radius 1 is 1.11 bits per heavy atom. The van der Waals surface area contributed by atoms with E-state index >= 15 is 0 Å². The highest BCUT2D eigenvalue weighted by Gasteiger charge is 2.51. The number of hydrogen-bond donors (Lipinski definition) is 2. The van der Waals surface area contributed by atoms with Crippen LogP contribution in [-0.4, -0.2) is 85.2 Å². The molecule has 0 radical (unpaired) electrons. The number of unbranched alkanes of at least 4 members (excludes halogenated alkanes) is 1. The maximum atomic E-state index is 13.1. The first-order valence-electron chi connectivity index (χ1n) is 14.4. The quantitative estimate of drug-likeness (QED) is 0.373. The van der Waals surface area contributed by atoms with E-state index < -0.39 is 0 Å². The number of carbonyl (C=O) groups is 2. The fraction of sp³-hybridized carbons (Fsp3) is 0.857. The van der Waals surface area contributed by atoms with E-state index in [1.54, 1.807) is 0 Å². The van der Waals surface area contributed by atoms with Crippen molar-refractivity contribution in [3.05, 3.63) is 11.6 Å². The number of nitrogens with one attached hydrogen (secondary N) is 2. The van der Waals surface area contributed by atoms with Gasteiger partial charge in [-0.15, -0.1) is 0 Å². The van der Waals surface area contributed by atoms with Gasteiger partial charge in [-0.2, -0.15) is 0 Å². The zero-order chi connectivity index (χ0) is 24.8. The molecule has 2 bridgehead atoms. The third-order valence-electron chi connectivity index (χ3n) is 9.33. The number of piperazine rings is 1. The smallest absolute Gasteiger partial charge is 0.317 e. The molecular weight excluding hydrogens is 438 g/mol. The number of rotatable bonds is 9. The van der Waals surface area contributed by atoms with Crippen LogP contribution >= 0.6 is 0 Å². The number of allylic oxidation sites excluding steroid dienone is 1. The van der Waals surface area contributed by atoms with Crippen LogP contribution < -0.4 is 10.6 Å². The molecule has 5 aliphatic rings. The van der Waals surface area contributed by atoms with Gasteiger partial charge < -0.3 is 20.4 Å². The molecule has 2 saturated carbocycles. The summed E-state index contributed by atoms with van der Waals surface area (Å²) in [4.78, 5) is 32.2. The Labute approximate surface area is 213 Å². The van der Waals surface area contributed by atoms with Gasteiger partial charge in [0.1, 0.15) is 0 Å². The Morgan fingerprint density at radius 2 is 1.86 bits per heavy atom. The minimum atomic E-state index is 0.0732. The van der Waals surface area contributed by atoms with Gasteiger partial charge in [-0.3, -0.25) is 4.90 Å². The highest BCUT2D eigenvalue weighted by molar-refractivity contribution is 5.75. The van der Waals surface area contributed by atoms with Crippen molar-refractivity contribution >= 4 is 12.1 Å². The summed E-state index contributed by atoms with van der Waals surface area (Å²) in [5, 5.41) is 6.40. The van der Waals surface area contributed by atoms with Gasteiger partial charge in [0, 0.05) is 58.4 Å². The third kappa shape index (κ3) is 6.52. The normalized spacial score (nSPS) is 26.5. The van der Waals surface area contributed by atoms with Crippen molar-refractivity contribution in [2.45, 2.75) is 84.6 Å². The first-order valence-corrected chi connectivity index (χ1v) is 14.4. The average Bonchev–Trinajstić information content (AvgIpc) is 2.87. The maximum Gasteiger partial charge on any atom is 0.317 e. The Hall–Kier alpha value is -1.76. The van der Waals surface area contributed by atoms with Crippen LogP contribution in [0, 0.1) is 17.3 Å². The minimum Gasteiger partial charge on any atom is -0.338 e. The summed E-state index contributed by atoms with van der Waals surface area (Å²) in [7, 11) is 0. The second kappa shape index (κ2) is 12.0. The topological polar surface area (TPSA) is 67.9 Å². The first-order chi connectivity index (χ1) is 16.9. The SMILES string of the molecule is CCCCNC(=O)N(CCN1CCN(C(=O)NC2CCCCC2)CC1)CC1=CCC2CC1C2(C)C. The number of nitrogens with zero attached hydrogens (tertiary/aromatic N) is 3. The van der Waals surface area contributed by atoms with Crippen molar-refractivity contribution in [2.24, 2.45) is 17.3 Å². The van der Waals surface area contributed by atoms with Crippen LogP contribution in [0.25, 0.3) is 0 Å². The lowest BCUT2D eigenvalue weighted by Crippen LogP contribution is -2.55. The van der Waals surface area contributed by atoms with Crippen molar-refractivity contribution < 1.29 is 9.59 Å². The van der Waals surface area contributed by atoms with E-state index in [4.69, 9.17) is 0 Å². The molecule has 4 amide bonds. The highest BCUT2D eigenvalue weighted by Crippen LogP contribution is 2.59. The fourth-order valence-corrected chi connectivity index (χ4v) is 6.56. The van der Waals surface area contributed by atoms with Gasteiger partial charge in [0.05, 0.1) is 0 Å². The Morgan fingerprint density at radius 3 is 2.51 bits per heavy atom. The van der Waals surface area contributed by atoms with Crippen LogP contribution in [-0.2, 0) is 0 Å². The van der Waals surface area contributed by atoms with Crippen LogP contribution in [0.2, 0.25) is 0 Å². The van der Waals surface area contributed by atoms with Crippen LogP contribution in [0.1, 0.15) is 78.6 Å². The van der Waals surface area contributed by atoms with Gasteiger partial charge in [-0.1, -0.05) is 58.1 Å². The molecule has 1 aliphatic heterocycles. The second-order valence-electron chi connectivity index (χ2n) is 11.9. The molecule has 0 aromatic heterocycles. The summed E-state index contributed by atoms with van der Waals surface area (Å²) in [5.41, 5.74) is 1.84. The van der Waals surface area contributed by atoms with Crippen LogP contribution in [0.4, 0.5) is 9.59 Å². The zero-order valence-corrected chi connectivity index (χ0v) is 22.5. The summed E-state index contributed by atoms with van der Waals surface area (Å²) >= 11 is 0. The lowest BCUT2D eigenvalue weighted by Gasteiger charge is -2.57. The Bertz CT molecular complexity index is 752. The maximum absolute atomic E-state index is 13.1. The predicted octanol–water partition coefficient (Wildman–Crippen LogP) is 4.45. The van der Waals surface area contributed by atoms with Gasteiger partial charge in [0.2, 0.25) is 0 Å². The summed E-state index contributed by atoms with van der Waals surface area (Å²) in [6.45, 7) is 13.3. The minimum absolute atomic E-state index is 0.0732. The molecule has 7 heteroatoms. The van der Waals surface area contributed by atoms with E-state index in [1.165, 1.54) is 31.3 Å². The van der Waals surface area contributed by atoms with Gasteiger partial charge >= 0.3 is 12.1 Å². The van der Waals surface area contributed by atoms with Gasteiger partial charge in [-0.25, -0.2) is 9.59 Å². The van der Waals surface area contributed by atoms with E-state index in [0.29, 0.717) is 17.4 Å². The van der Waals surface area contributed by atoms with Crippen LogP contribution in [0.3, 0.4) is 0 Å². The average molecular weight is 488 g/mol. The van der Waals surface area contributed by atoms with E-state index in [-0.39, 0.29) is 12.1 Å². The number of urea groups is 2. The molecule has 0 aromatic carbocycles. The molecule has 2 atom stereocenters. The standard InChI is InChI=1S/C28H49N5O2/c1-4-5-13-29-26(34)33(21-22-11-12-23-20-25(22)28(23,2)3)19-16-31-14-17-32(18-15-31)27(35)30-24-9-7-6-8-10-24/h11,23-25H,4-10,12-21H2,1-3H3,(H,29,34)(H,30,35). The van der Waals surface area contributed by atoms with Crippen molar-refractivity contribution in [1.29, 1.82) is 0 Å². The molecule has 35 heavy (non-hydrogen) atoms. The van der Waals surface area contributed by atoms with Crippen molar-refractivity contribution in [3.63, 3.8) is 0 Å². The Kier molecular flexibility index (Phi) is 9.01.